The van der Waals surface area contributed by atoms with Crippen molar-refractivity contribution >= 4 is 29.7 Å². The minimum Gasteiger partial charge on any atom is -0.351 e. The predicted octanol–water partition coefficient (Wildman–Crippen LogP) is 1.77. The van der Waals surface area contributed by atoms with Gasteiger partial charge in [-0.2, -0.15) is 11.3 Å². The van der Waals surface area contributed by atoms with Crippen LogP contribution in [0.2, 0.25) is 0 Å². The molecule has 0 radical (unpaired) electrons. The summed E-state index contributed by atoms with van der Waals surface area (Å²) in [7, 11) is 0. The van der Waals surface area contributed by atoms with Crippen molar-refractivity contribution in [3.05, 3.63) is 22.4 Å². The number of carbonyl (C=O) groups excluding carboxylic acids is 1. The number of carbonyl (C=O) groups is 1. The molecule has 1 rings (SSSR count). The van der Waals surface area contributed by atoms with E-state index in [-0.39, 0.29) is 24.2 Å². The van der Waals surface area contributed by atoms with Crippen LogP contribution in [0.3, 0.4) is 0 Å². The molecule has 0 bridgehead atoms. The second-order valence-electron chi connectivity index (χ2n) is 3.62. The third-order valence-electron chi connectivity index (χ3n) is 2.07. The molecule has 0 aliphatic heterocycles. The molecule has 1 atom stereocenters. The fourth-order valence-electron chi connectivity index (χ4n) is 1.00. The molecule has 15 heavy (non-hydrogen) atoms. The molecule has 0 saturated heterocycles. The topological polar surface area (TPSA) is 55.1 Å². The molecule has 0 aliphatic carbocycles. The zero-order valence-corrected chi connectivity index (χ0v) is 10.5. The number of halogens is 1. The van der Waals surface area contributed by atoms with Crippen LogP contribution in [0.25, 0.3) is 0 Å². The van der Waals surface area contributed by atoms with Crippen LogP contribution in [-0.4, -0.2) is 11.9 Å². The Hall–Kier alpha value is -0.580. The van der Waals surface area contributed by atoms with Crippen LogP contribution in [0.4, 0.5) is 0 Å². The van der Waals surface area contributed by atoms with Gasteiger partial charge in [-0.3, -0.25) is 4.79 Å². The lowest BCUT2D eigenvalue weighted by Crippen LogP contribution is -2.43. The highest BCUT2D eigenvalue weighted by atomic mass is 35.5. The first kappa shape index (κ1) is 14.4. The fourth-order valence-corrected chi connectivity index (χ4v) is 1.67. The first-order valence-corrected chi connectivity index (χ1v) is 5.60. The number of hydrogen-bond donors (Lipinski definition) is 2. The van der Waals surface area contributed by atoms with Gasteiger partial charge in [-0.15, -0.1) is 12.4 Å². The van der Waals surface area contributed by atoms with Gasteiger partial charge in [0.05, 0.1) is 6.04 Å². The Kier molecular flexibility index (Phi) is 6.56. The number of rotatable bonds is 4. The first-order chi connectivity index (χ1) is 6.61. The molecule has 0 aliphatic rings. The number of amides is 1. The smallest absolute Gasteiger partial charge is 0.237 e. The van der Waals surface area contributed by atoms with Crippen LogP contribution in [0.15, 0.2) is 16.8 Å². The van der Waals surface area contributed by atoms with Gasteiger partial charge in [-0.25, -0.2) is 0 Å². The number of nitrogens with one attached hydrogen (secondary N) is 1. The molecule has 3 N–H and O–H groups in total. The van der Waals surface area contributed by atoms with Crippen LogP contribution >= 0.6 is 23.7 Å². The van der Waals surface area contributed by atoms with Gasteiger partial charge in [0.25, 0.3) is 0 Å². The molecule has 5 heteroatoms. The van der Waals surface area contributed by atoms with Crippen LogP contribution in [0.1, 0.15) is 19.4 Å². The summed E-state index contributed by atoms with van der Waals surface area (Å²) in [5.41, 5.74) is 6.81. The highest BCUT2D eigenvalue weighted by Crippen LogP contribution is 2.05. The molecule has 0 spiro atoms. The van der Waals surface area contributed by atoms with Crippen molar-refractivity contribution < 1.29 is 4.79 Å². The van der Waals surface area contributed by atoms with Crippen molar-refractivity contribution in [3.63, 3.8) is 0 Å². The second kappa shape index (κ2) is 6.82. The van der Waals surface area contributed by atoms with E-state index < -0.39 is 6.04 Å². The lowest BCUT2D eigenvalue weighted by Gasteiger charge is -2.14. The quantitative estimate of drug-likeness (QED) is 0.853. The molecule has 1 heterocycles. The summed E-state index contributed by atoms with van der Waals surface area (Å²) in [6, 6.07) is 1.58. The van der Waals surface area contributed by atoms with Gasteiger partial charge in [0.15, 0.2) is 0 Å². The van der Waals surface area contributed by atoms with E-state index in [0.717, 1.165) is 5.56 Å². The van der Waals surface area contributed by atoms with Crippen LogP contribution in [-0.2, 0) is 11.3 Å². The molecule has 1 aromatic rings. The zero-order valence-electron chi connectivity index (χ0n) is 8.90. The van der Waals surface area contributed by atoms with E-state index in [1.807, 2.05) is 30.7 Å². The molecule has 3 nitrogen and oxygen atoms in total. The third kappa shape index (κ3) is 4.64. The van der Waals surface area contributed by atoms with Gasteiger partial charge in [0.1, 0.15) is 0 Å². The Morgan fingerprint density at radius 1 is 1.60 bits per heavy atom. The van der Waals surface area contributed by atoms with Gasteiger partial charge in [0, 0.05) is 6.54 Å². The molecular weight excluding hydrogens is 232 g/mol. The van der Waals surface area contributed by atoms with Gasteiger partial charge in [-0.05, 0) is 28.3 Å². The van der Waals surface area contributed by atoms with Gasteiger partial charge in [-0.1, -0.05) is 13.8 Å². The molecule has 0 saturated carbocycles. The minimum atomic E-state index is -0.409. The highest BCUT2D eigenvalue weighted by molar-refractivity contribution is 7.07. The second-order valence-corrected chi connectivity index (χ2v) is 4.40. The number of nitrogens with two attached hydrogens (primary N) is 1. The summed E-state index contributed by atoms with van der Waals surface area (Å²) in [5, 5.41) is 6.81. The van der Waals surface area contributed by atoms with E-state index in [0.29, 0.717) is 6.54 Å². The Morgan fingerprint density at radius 3 is 2.73 bits per heavy atom. The minimum absolute atomic E-state index is 0. The Balaban J connectivity index is 0.00000196. The largest absolute Gasteiger partial charge is 0.351 e. The number of thiophene rings is 1. The highest BCUT2D eigenvalue weighted by Gasteiger charge is 2.16. The third-order valence-corrected chi connectivity index (χ3v) is 2.80. The lowest BCUT2D eigenvalue weighted by molar-refractivity contribution is -0.123. The average Bonchev–Trinajstić information content (AvgIpc) is 2.65. The Labute approximate surface area is 100 Å². The molecule has 0 fully saturated rings. The predicted molar refractivity (Wildman–Crippen MR) is 66.2 cm³/mol. The van der Waals surface area contributed by atoms with E-state index >= 15 is 0 Å². The monoisotopic (exact) mass is 248 g/mol. The fraction of sp³-hybridized carbons (Fsp3) is 0.500. The van der Waals surface area contributed by atoms with Crippen molar-refractivity contribution in [2.45, 2.75) is 26.4 Å². The Morgan fingerprint density at radius 2 is 2.27 bits per heavy atom. The van der Waals surface area contributed by atoms with Gasteiger partial charge in [0.2, 0.25) is 5.91 Å². The molecule has 1 amide bonds. The summed E-state index contributed by atoms with van der Waals surface area (Å²) < 4.78 is 0. The standard InChI is InChI=1S/C10H16N2OS.ClH/c1-7(2)9(11)10(13)12-5-8-3-4-14-6-8;/h3-4,6-7,9H,5,11H2,1-2H3,(H,12,13);1H. The summed E-state index contributed by atoms with van der Waals surface area (Å²) in [5.74, 6) is 0.101. The van der Waals surface area contributed by atoms with E-state index in [1.54, 1.807) is 11.3 Å². The van der Waals surface area contributed by atoms with Crippen LogP contribution < -0.4 is 11.1 Å². The SMILES string of the molecule is CC(C)C(N)C(=O)NCc1ccsc1.Cl. The van der Waals surface area contributed by atoms with Gasteiger partial charge < -0.3 is 11.1 Å². The Bertz CT molecular complexity index is 288. The van der Waals surface area contributed by atoms with Crippen molar-refractivity contribution in [3.8, 4) is 0 Å². The molecule has 1 unspecified atom stereocenters. The van der Waals surface area contributed by atoms with Crippen LogP contribution in [0, 0.1) is 5.92 Å². The van der Waals surface area contributed by atoms with E-state index in [4.69, 9.17) is 5.73 Å². The first-order valence-electron chi connectivity index (χ1n) is 4.65. The lowest BCUT2D eigenvalue weighted by atomic mass is 10.1. The maximum absolute atomic E-state index is 11.4. The van der Waals surface area contributed by atoms with Crippen molar-refractivity contribution in [1.29, 1.82) is 0 Å². The van der Waals surface area contributed by atoms with E-state index in [2.05, 4.69) is 5.32 Å². The maximum atomic E-state index is 11.4. The summed E-state index contributed by atoms with van der Waals surface area (Å²) in [6.45, 7) is 4.45. The summed E-state index contributed by atoms with van der Waals surface area (Å²) in [6.07, 6.45) is 0. The van der Waals surface area contributed by atoms with Crippen molar-refractivity contribution in [2.24, 2.45) is 11.7 Å². The van der Waals surface area contributed by atoms with E-state index in [9.17, 15) is 4.79 Å². The normalized spacial score (nSPS) is 12.0. The summed E-state index contributed by atoms with van der Waals surface area (Å²) in [4.78, 5) is 11.4. The van der Waals surface area contributed by atoms with Crippen LogP contribution in [0.5, 0.6) is 0 Å². The maximum Gasteiger partial charge on any atom is 0.237 e. The molecule has 0 aromatic carbocycles. The molecule has 86 valence electrons. The average molecular weight is 249 g/mol. The molecule has 1 aromatic heterocycles. The summed E-state index contributed by atoms with van der Waals surface area (Å²) >= 11 is 1.62. The van der Waals surface area contributed by atoms with Crippen molar-refractivity contribution in [2.75, 3.05) is 0 Å². The van der Waals surface area contributed by atoms with E-state index in [1.165, 1.54) is 0 Å². The zero-order chi connectivity index (χ0) is 10.6. The van der Waals surface area contributed by atoms with Gasteiger partial charge >= 0.3 is 0 Å². The number of hydrogen-bond acceptors (Lipinski definition) is 3. The molecular formula is C10H17ClN2OS. The van der Waals surface area contributed by atoms with Crippen molar-refractivity contribution in [1.82, 2.24) is 5.32 Å².